The Hall–Kier alpha value is -3.20. The maximum absolute atomic E-state index is 12.7. The lowest BCUT2D eigenvalue weighted by Gasteiger charge is -2.13. The van der Waals surface area contributed by atoms with Crippen LogP contribution in [0.1, 0.15) is 13.8 Å². The van der Waals surface area contributed by atoms with Crippen molar-refractivity contribution in [2.24, 2.45) is 0 Å². The fourth-order valence-electron chi connectivity index (χ4n) is 3.12. The summed E-state index contributed by atoms with van der Waals surface area (Å²) in [6.45, 7) is 4.72. The van der Waals surface area contributed by atoms with Crippen molar-refractivity contribution in [2.75, 3.05) is 19.2 Å². The molecule has 0 saturated heterocycles. The van der Waals surface area contributed by atoms with E-state index in [9.17, 15) is 4.79 Å². The number of nitrogens with one attached hydrogen (secondary N) is 1. The van der Waals surface area contributed by atoms with Crippen LogP contribution < -0.4 is 19.5 Å². The number of thioether (sulfide) groups is 1. The van der Waals surface area contributed by atoms with Gasteiger partial charge in [-0.15, -0.1) is 10.2 Å². The first-order valence-corrected chi connectivity index (χ1v) is 10.4. The molecule has 0 spiro atoms. The minimum atomic E-state index is -0.379. The Balaban J connectivity index is 1.50. The van der Waals surface area contributed by atoms with E-state index in [-0.39, 0.29) is 18.0 Å². The molecule has 0 bridgehead atoms. The molecule has 0 radical (unpaired) electrons. The molecule has 30 heavy (non-hydrogen) atoms. The number of amides is 1. The zero-order chi connectivity index (χ0) is 21.1. The number of nitrogens with zero attached hydrogens (tertiary/aromatic N) is 3. The number of anilines is 1. The summed E-state index contributed by atoms with van der Waals surface area (Å²) < 4.78 is 18.1. The predicted molar refractivity (Wildman–Crippen MR) is 114 cm³/mol. The highest BCUT2D eigenvalue weighted by atomic mass is 32.2. The number of para-hydroxylation sites is 1. The largest absolute Gasteiger partial charge is 0.496 e. The van der Waals surface area contributed by atoms with E-state index in [2.05, 4.69) is 15.5 Å². The average molecular weight is 426 g/mol. The highest BCUT2D eigenvalue weighted by molar-refractivity contribution is 8.00. The van der Waals surface area contributed by atoms with Gasteiger partial charge in [0.2, 0.25) is 12.7 Å². The fraction of sp³-hybridized carbons (Fsp3) is 0.286. The highest BCUT2D eigenvalue weighted by Gasteiger charge is 2.22. The summed E-state index contributed by atoms with van der Waals surface area (Å²) in [7, 11) is 1.63. The Bertz CT molecular complexity index is 1070. The van der Waals surface area contributed by atoms with Gasteiger partial charge in [0.05, 0.1) is 17.9 Å². The van der Waals surface area contributed by atoms with Gasteiger partial charge in [-0.05, 0) is 38.1 Å². The lowest BCUT2D eigenvalue weighted by Crippen LogP contribution is -2.23. The lowest BCUT2D eigenvalue weighted by atomic mass is 10.2. The molecule has 4 rings (SSSR count). The number of hydrogen-bond donors (Lipinski definition) is 1. The van der Waals surface area contributed by atoms with E-state index in [1.807, 2.05) is 42.7 Å². The number of carbonyl (C=O) groups excluding carboxylic acids is 1. The van der Waals surface area contributed by atoms with Crippen molar-refractivity contribution in [3.63, 3.8) is 0 Å². The van der Waals surface area contributed by atoms with Crippen LogP contribution >= 0.6 is 11.8 Å². The van der Waals surface area contributed by atoms with Crippen LogP contribution in [0.25, 0.3) is 11.4 Å². The SMILES string of the molecule is CCn1c(S[C@@H](C)C(=O)Nc2ccc3c(c2)OCO3)nnc1-c1ccccc1OC. The standard InChI is InChI=1S/C21H22N4O4S/c1-4-25-19(15-7-5-6-8-16(15)27-3)23-24-21(25)30-13(2)20(26)22-14-9-10-17-18(11-14)29-12-28-17/h5-11,13H,4,12H2,1-3H3,(H,22,26)/t13-/m0/s1. The van der Waals surface area contributed by atoms with Crippen molar-refractivity contribution in [1.29, 1.82) is 0 Å². The smallest absolute Gasteiger partial charge is 0.237 e. The molecular formula is C21H22N4O4S. The number of benzene rings is 2. The van der Waals surface area contributed by atoms with Crippen LogP contribution in [0.5, 0.6) is 17.2 Å². The van der Waals surface area contributed by atoms with Gasteiger partial charge in [-0.1, -0.05) is 23.9 Å². The Morgan fingerprint density at radius 1 is 1.23 bits per heavy atom. The van der Waals surface area contributed by atoms with Gasteiger partial charge in [0.1, 0.15) is 5.75 Å². The van der Waals surface area contributed by atoms with Gasteiger partial charge in [0, 0.05) is 18.3 Å². The van der Waals surface area contributed by atoms with Gasteiger partial charge in [-0.2, -0.15) is 0 Å². The molecule has 1 amide bonds. The Morgan fingerprint density at radius 2 is 2.03 bits per heavy atom. The number of fused-ring (bicyclic) bond motifs is 1. The summed E-state index contributed by atoms with van der Waals surface area (Å²) in [5.41, 5.74) is 1.52. The Labute approximate surface area is 178 Å². The van der Waals surface area contributed by atoms with Crippen LogP contribution in [0, 0.1) is 0 Å². The first kappa shape index (κ1) is 20.1. The Morgan fingerprint density at radius 3 is 2.83 bits per heavy atom. The minimum Gasteiger partial charge on any atom is -0.496 e. The van der Waals surface area contributed by atoms with Gasteiger partial charge in [-0.3, -0.25) is 4.79 Å². The first-order valence-electron chi connectivity index (χ1n) is 9.54. The number of hydrogen-bond acceptors (Lipinski definition) is 7. The van der Waals surface area contributed by atoms with Crippen molar-refractivity contribution >= 4 is 23.4 Å². The van der Waals surface area contributed by atoms with E-state index in [1.54, 1.807) is 25.3 Å². The van der Waals surface area contributed by atoms with Crippen LogP contribution in [0.2, 0.25) is 0 Å². The molecule has 1 N–H and O–H groups in total. The van der Waals surface area contributed by atoms with Gasteiger partial charge < -0.3 is 24.1 Å². The summed E-state index contributed by atoms with van der Waals surface area (Å²) in [5, 5.41) is 11.9. The van der Waals surface area contributed by atoms with Crippen LogP contribution in [0.4, 0.5) is 5.69 Å². The van der Waals surface area contributed by atoms with Crippen molar-refractivity contribution < 1.29 is 19.0 Å². The molecule has 1 aliphatic heterocycles. The van der Waals surface area contributed by atoms with Crippen molar-refractivity contribution in [3.8, 4) is 28.6 Å². The van der Waals surface area contributed by atoms with Gasteiger partial charge in [0.15, 0.2) is 22.5 Å². The second-order valence-corrected chi connectivity index (χ2v) is 7.88. The molecule has 9 heteroatoms. The maximum atomic E-state index is 12.7. The lowest BCUT2D eigenvalue weighted by molar-refractivity contribution is -0.115. The van der Waals surface area contributed by atoms with E-state index in [1.165, 1.54) is 11.8 Å². The predicted octanol–water partition coefficient (Wildman–Crippen LogP) is 3.82. The van der Waals surface area contributed by atoms with Gasteiger partial charge in [-0.25, -0.2) is 0 Å². The molecule has 8 nitrogen and oxygen atoms in total. The molecule has 0 fully saturated rings. The minimum absolute atomic E-state index is 0.136. The summed E-state index contributed by atoms with van der Waals surface area (Å²) in [4.78, 5) is 12.7. The third-order valence-electron chi connectivity index (χ3n) is 4.67. The summed E-state index contributed by atoms with van der Waals surface area (Å²) in [5.74, 6) is 2.60. The van der Waals surface area contributed by atoms with Crippen molar-refractivity contribution in [2.45, 2.75) is 30.8 Å². The molecule has 1 aromatic heterocycles. The molecule has 1 aliphatic rings. The monoisotopic (exact) mass is 426 g/mol. The van der Waals surface area contributed by atoms with Crippen LogP contribution in [0.3, 0.4) is 0 Å². The topological polar surface area (TPSA) is 87.5 Å². The van der Waals surface area contributed by atoms with Crippen LogP contribution in [-0.4, -0.2) is 39.8 Å². The fourth-order valence-corrected chi connectivity index (χ4v) is 4.03. The number of aromatic nitrogens is 3. The molecule has 3 aromatic rings. The Kier molecular flexibility index (Phi) is 5.80. The van der Waals surface area contributed by atoms with E-state index in [0.29, 0.717) is 34.7 Å². The number of ether oxygens (including phenoxy) is 3. The number of methoxy groups -OCH3 is 1. The third kappa shape index (κ3) is 3.93. The van der Waals surface area contributed by atoms with Crippen molar-refractivity contribution in [3.05, 3.63) is 42.5 Å². The maximum Gasteiger partial charge on any atom is 0.237 e. The van der Waals surface area contributed by atoms with Crippen LogP contribution in [-0.2, 0) is 11.3 Å². The normalized spacial score (nSPS) is 13.2. The summed E-state index contributed by atoms with van der Waals surface area (Å²) in [6, 6.07) is 13.0. The quantitative estimate of drug-likeness (QED) is 0.575. The van der Waals surface area contributed by atoms with E-state index in [0.717, 1.165) is 11.3 Å². The molecule has 2 heterocycles. The third-order valence-corrected chi connectivity index (χ3v) is 5.75. The van der Waals surface area contributed by atoms with Crippen LogP contribution in [0.15, 0.2) is 47.6 Å². The van der Waals surface area contributed by atoms with Gasteiger partial charge in [0.25, 0.3) is 0 Å². The van der Waals surface area contributed by atoms with Gasteiger partial charge >= 0.3 is 0 Å². The van der Waals surface area contributed by atoms with E-state index in [4.69, 9.17) is 14.2 Å². The second-order valence-electron chi connectivity index (χ2n) is 6.57. The van der Waals surface area contributed by atoms with E-state index >= 15 is 0 Å². The summed E-state index contributed by atoms with van der Waals surface area (Å²) >= 11 is 1.36. The molecule has 156 valence electrons. The zero-order valence-corrected chi connectivity index (χ0v) is 17.7. The molecule has 1 atom stereocenters. The highest BCUT2D eigenvalue weighted by Crippen LogP contribution is 2.35. The number of carbonyl (C=O) groups is 1. The zero-order valence-electron chi connectivity index (χ0n) is 16.9. The first-order chi connectivity index (χ1) is 14.6. The molecule has 0 aliphatic carbocycles. The molecule has 0 unspecified atom stereocenters. The molecule has 2 aromatic carbocycles. The molecular weight excluding hydrogens is 404 g/mol. The van der Waals surface area contributed by atoms with E-state index < -0.39 is 0 Å². The van der Waals surface area contributed by atoms with Crippen molar-refractivity contribution in [1.82, 2.24) is 14.8 Å². The second kappa shape index (κ2) is 8.66. The summed E-state index contributed by atoms with van der Waals surface area (Å²) in [6.07, 6.45) is 0. The number of rotatable bonds is 7. The molecule has 0 saturated carbocycles. The average Bonchev–Trinajstić information content (AvgIpc) is 3.39.